The Balaban J connectivity index is 1.45. The van der Waals surface area contributed by atoms with E-state index < -0.39 is 17.7 Å². The Labute approximate surface area is 255 Å². The Morgan fingerprint density at radius 3 is 2.61 bits per heavy atom. The lowest BCUT2D eigenvalue weighted by Crippen LogP contribution is -2.19. The highest BCUT2D eigenvalue weighted by Gasteiger charge is 2.21. The first-order chi connectivity index (χ1) is 19.7. The fourth-order valence-corrected chi connectivity index (χ4v) is 5.75. The van der Waals surface area contributed by atoms with Crippen LogP contribution in [-0.4, -0.2) is 30.2 Å². The van der Waals surface area contributed by atoms with E-state index in [-0.39, 0.29) is 17.0 Å². The summed E-state index contributed by atoms with van der Waals surface area (Å²) in [4.78, 5) is 29.3. The van der Waals surface area contributed by atoms with Gasteiger partial charge in [0.2, 0.25) is 0 Å². The van der Waals surface area contributed by atoms with Crippen LogP contribution in [0.5, 0.6) is 11.5 Å². The Hall–Kier alpha value is -3.99. The number of methoxy groups -OCH3 is 1. The topological polar surface area (TPSA) is 92.8 Å². The van der Waals surface area contributed by atoms with Crippen LogP contribution in [-0.2, 0) is 0 Å². The molecule has 0 fully saturated rings. The first-order valence-electron chi connectivity index (χ1n) is 12.0. The molecule has 0 saturated heterocycles. The number of aromatic amines is 1. The molecule has 0 spiro atoms. The molecule has 0 bridgehead atoms. The Morgan fingerprint density at radius 1 is 1.02 bits per heavy atom. The van der Waals surface area contributed by atoms with E-state index in [1.54, 1.807) is 66.7 Å². The molecular formula is C30H19Br2ClFN3O4. The van der Waals surface area contributed by atoms with Crippen molar-refractivity contribution in [3.63, 3.8) is 0 Å². The molecule has 0 saturated carbocycles. The second-order valence-electron chi connectivity index (χ2n) is 8.67. The number of esters is 1. The van der Waals surface area contributed by atoms with Gasteiger partial charge >= 0.3 is 5.97 Å². The zero-order chi connectivity index (χ0) is 29.1. The number of ether oxygens (including phenoxy) is 2. The second-order valence-corrected chi connectivity index (χ2v) is 10.8. The fraction of sp³-hybridized carbons (Fsp3) is 0.0333. The number of nitrogens with one attached hydrogen (secondary N) is 2. The van der Waals surface area contributed by atoms with Crippen molar-refractivity contribution in [3.8, 4) is 22.6 Å². The van der Waals surface area contributed by atoms with Gasteiger partial charge in [-0.2, -0.15) is 5.10 Å². The lowest BCUT2D eigenvalue weighted by Gasteiger charge is -2.11. The van der Waals surface area contributed by atoms with Crippen LogP contribution in [0.4, 0.5) is 4.39 Å². The number of nitrogens with zero attached hydrogens (tertiary/aromatic N) is 1. The van der Waals surface area contributed by atoms with Gasteiger partial charge in [-0.3, -0.25) is 4.79 Å². The van der Waals surface area contributed by atoms with Gasteiger partial charge in [0, 0.05) is 37.1 Å². The smallest absolute Gasteiger partial charge is 0.343 e. The van der Waals surface area contributed by atoms with Gasteiger partial charge in [0.1, 0.15) is 17.3 Å². The summed E-state index contributed by atoms with van der Waals surface area (Å²) in [5.74, 6) is -0.949. The molecule has 0 atom stereocenters. The summed E-state index contributed by atoms with van der Waals surface area (Å²) in [6.45, 7) is 0. The molecule has 206 valence electrons. The van der Waals surface area contributed by atoms with Gasteiger partial charge in [-0.15, -0.1) is 0 Å². The Bertz CT molecular complexity index is 1840. The average molecular weight is 700 g/mol. The van der Waals surface area contributed by atoms with Gasteiger partial charge in [0.25, 0.3) is 5.91 Å². The van der Waals surface area contributed by atoms with Gasteiger partial charge in [-0.05, 0) is 70.5 Å². The molecule has 0 aliphatic heterocycles. The molecule has 1 aromatic heterocycles. The lowest BCUT2D eigenvalue weighted by atomic mass is 10.0. The minimum absolute atomic E-state index is 0.149. The molecule has 11 heteroatoms. The maximum atomic E-state index is 14.2. The second kappa shape index (κ2) is 12.3. The molecule has 1 heterocycles. The van der Waals surface area contributed by atoms with Crippen LogP contribution in [0.1, 0.15) is 26.4 Å². The van der Waals surface area contributed by atoms with E-state index in [9.17, 15) is 14.0 Å². The number of carbonyl (C=O) groups is 2. The third kappa shape index (κ3) is 6.19. The molecule has 0 aliphatic carbocycles. The predicted octanol–water partition coefficient (Wildman–Crippen LogP) is 8.14. The molecule has 5 rings (SSSR count). The Morgan fingerprint density at radius 2 is 1.83 bits per heavy atom. The molecule has 0 radical (unpaired) electrons. The van der Waals surface area contributed by atoms with Crippen molar-refractivity contribution < 1.29 is 23.5 Å². The van der Waals surface area contributed by atoms with E-state index in [0.29, 0.717) is 47.3 Å². The van der Waals surface area contributed by atoms with E-state index >= 15 is 0 Å². The average Bonchev–Trinajstić information content (AvgIpc) is 3.33. The van der Waals surface area contributed by atoms with E-state index in [0.717, 1.165) is 0 Å². The third-order valence-corrected chi connectivity index (χ3v) is 7.41. The van der Waals surface area contributed by atoms with Gasteiger partial charge in [0.05, 0.1) is 23.4 Å². The highest BCUT2D eigenvalue weighted by Crippen LogP contribution is 2.37. The molecule has 41 heavy (non-hydrogen) atoms. The minimum Gasteiger partial charge on any atom is -0.497 e. The molecule has 0 aliphatic rings. The zero-order valence-electron chi connectivity index (χ0n) is 21.2. The number of rotatable bonds is 7. The maximum absolute atomic E-state index is 14.2. The summed E-state index contributed by atoms with van der Waals surface area (Å²) in [5, 5.41) is 5.00. The van der Waals surface area contributed by atoms with Crippen molar-refractivity contribution in [1.29, 1.82) is 0 Å². The number of amides is 1. The highest BCUT2D eigenvalue weighted by molar-refractivity contribution is 9.11. The van der Waals surface area contributed by atoms with Crippen LogP contribution in [0.25, 0.3) is 22.0 Å². The van der Waals surface area contributed by atoms with Crippen LogP contribution in [0.15, 0.2) is 92.9 Å². The Kier molecular flexibility index (Phi) is 8.53. The van der Waals surface area contributed by atoms with Crippen molar-refractivity contribution in [3.05, 3.63) is 115 Å². The fourth-order valence-electron chi connectivity index (χ4n) is 4.18. The zero-order valence-corrected chi connectivity index (χ0v) is 25.1. The molecular weight excluding hydrogens is 681 g/mol. The van der Waals surface area contributed by atoms with E-state index in [1.165, 1.54) is 25.5 Å². The maximum Gasteiger partial charge on any atom is 0.343 e. The number of benzene rings is 4. The van der Waals surface area contributed by atoms with Crippen LogP contribution in [0.3, 0.4) is 0 Å². The molecule has 2 N–H and O–H groups in total. The van der Waals surface area contributed by atoms with Gasteiger partial charge < -0.3 is 14.5 Å². The van der Waals surface area contributed by atoms with Crippen LogP contribution < -0.4 is 14.9 Å². The standard InChI is InChI=1S/C30H19Br2ClFN3O4/c1-40-20-6-4-5-16(12-20)30(39)41-28-17(11-18(31)13-23(28)32)15-35-37-29(38)27-26(21-7-2-3-8-24(21)33)22-14-19(34)9-10-25(22)36-27/h2-15,36H,1H3,(H,37,38). The van der Waals surface area contributed by atoms with Crippen LogP contribution in [0.2, 0.25) is 5.02 Å². The third-order valence-electron chi connectivity index (χ3n) is 6.04. The van der Waals surface area contributed by atoms with Crippen LogP contribution >= 0.6 is 43.5 Å². The van der Waals surface area contributed by atoms with Crippen molar-refractivity contribution in [1.82, 2.24) is 10.4 Å². The quantitative estimate of drug-likeness (QED) is 0.0777. The summed E-state index contributed by atoms with van der Waals surface area (Å²) in [6.07, 6.45) is 1.35. The summed E-state index contributed by atoms with van der Waals surface area (Å²) < 4.78 is 26.2. The van der Waals surface area contributed by atoms with Crippen molar-refractivity contribution in [2.75, 3.05) is 7.11 Å². The number of halogens is 4. The molecule has 5 aromatic rings. The van der Waals surface area contributed by atoms with Gasteiger partial charge in [0.15, 0.2) is 5.75 Å². The number of carbonyl (C=O) groups excluding carboxylic acids is 2. The summed E-state index contributed by atoms with van der Waals surface area (Å²) >= 11 is 13.3. The first kappa shape index (κ1) is 28.5. The van der Waals surface area contributed by atoms with Crippen LogP contribution in [0, 0.1) is 5.82 Å². The largest absolute Gasteiger partial charge is 0.497 e. The lowest BCUT2D eigenvalue weighted by molar-refractivity contribution is 0.0732. The predicted molar refractivity (Wildman–Crippen MR) is 164 cm³/mol. The number of fused-ring (bicyclic) bond motifs is 1. The van der Waals surface area contributed by atoms with Crippen molar-refractivity contribution in [2.24, 2.45) is 5.10 Å². The molecule has 1 amide bonds. The SMILES string of the molecule is COc1cccc(C(=O)Oc2c(Br)cc(Br)cc2C=NNC(=O)c2[nH]c3ccc(F)cc3c2-c2ccccc2Cl)c1. The summed E-state index contributed by atoms with van der Waals surface area (Å²) in [6, 6.07) is 21.1. The number of hydrogen-bond acceptors (Lipinski definition) is 5. The molecule has 7 nitrogen and oxygen atoms in total. The number of hydrogen-bond donors (Lipinski definition) is 2. The molecule has 0 unspecified atom stereocenters. The molecule has 4 aromatic carbocycles. The van der Waals surface area contributed by atoms with Gasteiger partial charge in [-0.1, -0.05) is 51.8 Å². The van der Waals surface area contributed by atoms with E-state index in [2.05, 4.69) is 47.4 Å². The normalized spacial score (nSPS) is 11.1. The van der Waals surface area contributed by atoms with Gasteiger partial charge in [-0.25, -0.2) is 14.6 Å². The first-order valence-corrected chi connectivity index (χ1v) is 14.0. The number of H-pyrrole nitrogens is 1. The van der Waals surface area contributed by atoms with Crippen molar-refractivity contribution in [2.45, 2.75) is 0 Å². The minimum atomic E-state index is -0.611. The van der Waals surface area contributed by atoms with E-state index in [1.807, 2.05) is 0 Å². The number of aromatic nitrogens is 1. The summed E-state index contributed by atoms with van der Waals surface area (Å²) in [5.41, 5.74) is 4.88. The van der Waals surface area contributed by atoms with E-state index in [4.69, 9.17) is 21.1 Å². The summed E-state index contributed by atoms with van der Waals surface area (Å²) in [7, 11) is 1.50. The monoisotopic (exact) mass is 697 g/mol. The highest BCUT2D eigenvalue weighted by atomic mass is 79.9. The number of hydrazone groups is 1. The van der Waals surface area contributed by atoms with Crippen molar-refractivity contribution >= 4 is 72.5 Å².